The zero-order valence-electron chi connectivity index (χ0n) is 11.6. The van der Waals surface area contributed by atoms with Gasteiger partial charge < -0.3 is 9.84 Å². The summed E-state index contributed by atoms with van der Waals surface area (Å²) < 4.78 is 5.26. The molecule has 3 atom stereocenters. The number of carbonyl (C=O) groups is 2. The first-order valence-electron chi connectivity index (χ1n) is 6.28. The fraction of sp³-hybridized carbons (Fsp3) is 0.846. The van der Waals surface area contributed by atoms with Gasteiger partial charge in [0, 0.05) is 12.5 Å². The second-order valence-corrected chi connectivity index (χ2v) is 6.87. The lowest BCUT2D eigenvalue weighted by Crippen LogP contribution is -2.47. The number of carbonyl (C=O) groups excluding carboxylic acids is 1. The van der Waals surface area contributed by atoms with E-state index in [4.69, 9.17) is 4.74 Å². The van der Waals surface area contributed by atoms with Crippen molar-refractivity contribution in [2.75, 3.05) is 6.54 Å². The third kappa shape index (κ3) is 1.95. The van der Waals surface area contributed by atoms with E-state index in [-0.39, 0.29) is 17.3 Å². The van der Waals surface area contributed by atoms with Crippen molar-refractivity contribution in [2.24, 2.45) is 17.3 Å². The Morgan fingerprint density at radius 3 is 2.33 bits per heavy atom. The summed E-state index contributed by atoms with van der Waals surface area (Å²) >= 11 is 0. The lowest BCUT2D eigenvalue weighted by atomic mass is 10.0. The highest BCUT2D eigenvalue weighted by Gasteiger charge is 2.70. The van der Waals surface area contributed by atoms with Gasteiger partial charge in [0.25, 0.3) is 0 Å². The van der Waals surface area contributed by atoms with E-state index in [1.807, 2.05) is 0 Å². The predicted molar refractivity (Wildman–Crippen MR) is 65.1 cm³/mol. The van der Waals surface area contributed by atoms with Gasteiger partial charge in [0.2, 0.25) is 0 Å². The molecule has 1 N–H and O–H groups in total. The van der Waals surface area contributed by atoms with E-state index in [0.717, 1.165) is 0 Å². The number of fused-ring (bicyclic) bond motifs is 1. The van der Waals surface area contributed by atoms with E-state index in [2.05, 4.69) is 13.8 Å². The molecule has 2 fully saturated rings. The van der Waals surface area contributed by atoms with E-state index >= 15 is 0 Å². The molecule has 2 unspecified atom stereocenters. The molecule has 1 saturated heterocycles. The minimum absolute atomic E-state index is 0.0293. The number of nitrogens with zero attached hydrogens (tertiary/aromatic N) is 1. The summed E-state index contributed by atoms with van der Waals surface area (Å²) in [7, 11) is 0. The summed E-state index contributed by atoms with van der Waals surface area (Å²) in [6.45, 7) is 9.95. The SMILES string of the molecule is CC(C)(C)OC(=O)N1CC2C([C@H]1C(=O)O)C2(C)C. The average Bonchev–Trinajstić information content (AvgIpc) is 2.59. The van der Waals surface area contributed by atoms with Crippen LogP contribution in [0, 0.1) is 17.3 Å². The van der Waals surface area contributed by atoms with Crippen LogP contribution in [0.5, 0.6) is 0 Å². The Morgan fingerprint density at radius 1 is 1.33 bits per heavy atom. The lowest BCUT2D eigenvalue weighted by molar-refractivity contribution is -0.143. The molecule has 18 heavy (non-hydrogen) atoms. The molecule has 0 bridgehead atoms. The number of hydrogen-bond donors (Lipinski definition) is 1. The molecule has 2 aliphatic rings. The van der Waals surface area contributed by atoms with Gasteiger partial charge >= 0.3 is 12.1 Å². The zero-order chi connectivity index (χ0) is 13.9. The third-order valence-electron chi connectivity index (χ3n) is 4.09. The largest absolute Gasteiger partial charge is 0.480 e. The van der Waals surface area contributed by atoms with Crippen molar-refractivity contribution in [1.82, 2.24) is 4.90 Å². The summed E-state index contributed by atoms with van der Waals surface area (Å²) in [5.74, 6) is -0.590. The van der Waals surface area contributed by atoms with Crippen molar-refractivity contribution in [3.8, 4) is 0 Å². The number of piperidine rings is 1. The standard InChI is InChI=1S/C13H21NO4/c1-12(2,3)18-11(17)14-6-7-8(13(7,4)5)9(14)10(15)16/h7-9H,6H2,1-5H3,(H,15,16)/t7?,8?,9-/m0/s1. The fourth-order valence-electron chi connectivity index (χ4n) is 3.08. The Hall–Kier alpha value is -1.26. The Balaban J connectivity index is 2.12. The normalized spacial score (nSPS) is 32.9. The topological polar surface area (TPSA) is 66.8 Å². The van der Waals surface area contributed by atoms with Crippen LogP contribution < -0.4 is 0 Å². The molecule has 1 aliphatic heterocycles. The molecule has 0 radical (unpaired) electrons. The Kier molecular flexibility index (Phi) is 2.65. The van der Waals surface area contributed by atoms with Gasteiger partial charge in [-0.15, -0.1) is 0 Å². The summed E-state index contributed by atoms with van der Waals surface area (Å²) in [4.78, 5) is 24.7. The van der Waals surface area contributed by atoms with Gasteiger partial charge in [-0.3, -0.25) is 4.90 Å². The second-order valence-electron chi connectivity index (χ2n) is 6.87. The van der Waals surface area contributed by atoms with Gasteiger partial charge in [-0.1, -0.05) is 13.8 Å². The second kappa shape index (κ2) is 3.62. The van der Waals surface area contributed by atoms with Gasteiger partial charge in [0.1, 0.15) is 11.6 Å². The van der Waals surface area contributed by atoms with Crippen LogP contribution in [0.1, 0.15) is 34.6 Å². The first kappa shape index (κ1) is 13.2. The molecule has 1 aliphatic carbocycles. The van der Waals surface area contributed by atoms with Crippen molar-refractivity contribution in [3.05, 3.63) is 0 Å². The first-order valence-corrected chi connectivity index (χ1v) is 6.28. The van der Waals surface area contributed by atoms with Crippen molar-refractivity contribution in [3.63, 3.8) is 0 Å². The smallest absolute Gasteiger partial charge is 0.411 e. The van der Waals surface area contributed by atoms with Gasteiger partial charge in [0.05, 0.1) is 0 Å². The molecule has 1 heterocycles. The molecule has 1 saturated carbocycles. The number of aliphatic carboxylic acids is 1. The molecular formula is C13H21NO4. The number of hydrogen-bond acceptors (Lipinski definition) is 3. The minimum atomic E-state index is -0.932. The highest BCUT2D eigenvalue weighted by atomic mass is 16.6. The molecule has 5 heteroatoms. The van der Waals surface area contributed by atoms with E-state index < -0.39 is 23.7 Å². The molecule has 0 aromatic heterocycles. The number of carboxylic acids is 1. The molecular weight excluding hydrogens is 234 g/mol. The lowest BCUT2D eigenvalue weighted by Gasteiger charge is -2.30. The Labute approximate surface area is 107 Å². The van der Waals surface area contributed by atoms with E-state index in [0.29, 0.717) is 6.54 Å². The number of amides is 1. The summed E-state index contributed by atoms with van der Waals surface area (Å²) in [5, 5.41) is 9.31. The molecule has 0 spiro atoms. The summed E-state index contributed by atoms with van der Waals surface area (Å²) in [5.41, 5.74) is -0.565. The van der Waals surface area contributed by atoms with Crippen LogP contribution >= 0.6 is 0 Å². The van der Waals surface area contributed by atoms with Crippen LogP contribution in [0.3, 0.4) is 0 Å². The van der Waals surface area contributed by atoms with Gasteiger partial charge in [-0.2, -0.15) is 0 Å². The van der Waals surface area contributed by atoms with E-state index in [9.17, 15) is 14.7 Å². The van der Waals surface area contributed by atoms with Crippen molar-refractivity contribution in [1.29, 1.82) is 0 Å². The van der Waals surface area contributed by atoms with Crippen LogP contribution in [-0.4, -0.2) is 40.3 Å². The zero-order valence-corrected chi connectivity index (χ0v) is 11.6. The molecule has 1 amide bonds. The number of ether oxygens (including phenoxy) is 1. The summed E-state index contributed by atoms with van der Waals surface area (Å²) in [6.07, 6.45) is -0.516. The van der Waals surface area contributed by atoms with Crippen molar-refractivity contribution in [2.45, 2.75) is 46.3 Å². The van der Waals surface area contributed by atoms with Crippen LogP contribution in [0.2, 0.25) is 0 Å². The predicted octanol–water partition coefficient (Wildman–Crippen LogP) is 1.96. The number of likely N-dealkylation sites (tertiary alicyclic amines) is 1. The van der Waals surface area contributed by atoms with Crippen LogP contribution in [0.4, 0.5) is 4.79 Å². The molecule has 2 rings (SSSR count). The van der Waals surface area contributed by atoms with Crippen molar-refractivity contribution < 1.29 is 19.4 Å². The van der Waals surface area contributed by atoms with E-state index in [1.54, 1.807) is 20.8 Å². The maximum absolute atomic E-state index is 12.0. The number of rotatable bonds is 1. The van der Waals surface area contributed by atoms with Gasteiger partial charge in [-0.25, -0.2) is 9.59 Å². The van der Waals surface area contributed by atoms with Crippen LogP contribution in [0.25, 0.3) is 0 Å². The average molecular weight is 255 g/mol. The van der Waals surface area contributed by atoms with Crippen LogP contribution in [-0.2, 0) is 9.53 Å². The monoisotopic (exact) mass is 255 g/mol. The maximum atomic E-state index is 12.0. The van der Waals surface area contributed by atoms with Gasteiger partial charge in [-0.05, 0) is 32.1 Å². The third-order valence-corrected chi connectivity index (χ3v) is 4.09. The highest BCUT2D eigenvalue weighted by molar-refractivity contribution is 5.82. The molecule has 5 nitrogen and oxygen atoms in total. The Morgan fingerprint density at radius 2 is 1.89 bits per heavy atom. The number of carboxylic acid groups (broad SMARTS) is 1. The summed E-state index contributed by atoms with van der Waals surface area (Å²) in [6, 6.07) is -0.736. The van der Waals surface area contributed by atoms with E-state index in [1.165, 1.54) is 4.90 Å². The van der Waals surface area contributed by atoms with Crippen LogP contribution in [0.15, 0.2) is 0 Å². The molecule has 102 valence electrons. The highest BCUT2D eigenvalue weighted by Crippen LogP contribution is 2.64. The quantitative estimate of drug-likeness (QED) is 0.777. The first-order chi connectivity index (χ1) is 8.05. The Bertz CT molecular complexity index is 396. The van der Waals surface area contributed by atoms with Gasteiger partial charge in [0.15, 0.2) is 0 Å². The minimum Gasteiger partial charge on any atom is -0.480 e. The fourth-order valence-corrected chi connectivity index (χ4v) is 3.08. The molecule has 0 aromatic rings. The van der Waals surface area contributed by atoms with Crippen molar-refractivity contribution >= 4 is 12.1 Å². The molecule has 0 aromatic carbocycles. The maximum Gasteiger partial charge on any atom is 0.411 e.